The Hall–Kier alpha value is -2.35. The van der Waals surface area contributed by atoms with Crippen LogP contribution in [0.5, 0.6) is 0 Å². The van der Waals surface area contributed by atoms with E-state index in [1.807, 2.05) is 12.1 Å². The van der Waals surface area contributed by atoms with E-state index < -0.39 is 5.97 Å². The predicted octanol–water partition coefficient (Wildman–Crippen LogP) is 6.61. The molecule has 2 aliphatic carbocycles. The van der Waals surface area contributed by atoms with Gasteiger partial charge in [0.05, 0.1) is 5.56 Å². The Balaban J connectivity index is 1.76. The van der Waals surface area contributed by atoms with Gasteiger partial charge < -0.3 is 5.11 Å². The molecule has 4 rings (SSSR count). The van der Waals surface area contributed by atoms with E-state index in [-0.39, 0.29) is 10.8 Å². The molecule has 146 valence electrons. The van der Waals surface area contributed by atoms with Gasteiger partial charge in [-0.05, 0) is 88.5 Å². The first-order valence-corrected chi connectivity index (χ1v) is 10.4. The summed E-state index contributed by atoms with van der Waals surface area (Å²) >= 11 is 0. The number of aromatic carboxylic acids is 1. The molecule has 0 saturated heterocycles. The van der Waals surface area contributed by atoms with Gasteiger partial charge in [0.1, 0.15) is 0 Å². The third kappa shape index (κ3) is 3.30. The molecule has 0 heterocycles. The standard InChI is InChI=1S/C26H30O2/c1-25(2)12-13-26(3,4)23-15-17(8-11-22(23)25)14-18-6-5-7-19-16-20(24(27)28)9-10-21(18)19/h8-11,14-16H,5-7,12-13H2,1-4H3,(H,27,28). The molecule has 0 fully saturated rings. The van der Waals surface area contributed by atoms with Crippen LogP contribution in [0.1, 0.15) is 91.6 Å². The highest BCUT2D eigenvalue weighted by atomic mass is 16.4. The minimum Gasteiger partial charge on any atom is -0.478 e. The van der Waals surface area contributed by atoms with Crippen molar-refractivity contribution >= 4 is 17.6 Å². The van der Waals surface area contributed by atoms with Crippen molar-refractivity contribution in [1.29, 1.82) is 0 Å². The summed E-state index contributed by atoms with van der Waals surface area (Å²) in [5, 5.41) is 9.28. The van der Waals surface area contributed by atoms with E-state index >= 15 is 0 Å². The van der Waals surface area contributed by atoms with Crippen LogP contribution in [0.15, 0.2) is 36.4 Å². The van der Waals surface area contributed by atoms with Crippen molar-refractivity contribution in [2.75, 3.05) is 0 Å². The maximum atomic E-state index is 11.3. The molecule has 2 heteroatoms. The van der Waals surface area contributed by atoms with Gasteiger partial charge in [-0.1, -0.05) is 58.0 Å². The normalized spacial score (nSPS) is 21.1. The lowest BCUT2D eigenvalue weighted by Gasteiger charge is -2.42. The summed E-state index contributed by atoms with van der Waals surface area (Å²) in [6.45, 7) is 9.44. The zero-order valence-corrected chi connectivity index (χ0v) is 17.4. The molecule has 2 aliphatic rings. The fourth-order valence-electron chi connectivity index (χ4n) is 4.90. The second kappa shape index (κ2) is 6.62. The van der Waals surface area contributed by atoms with Crippen molar-refractivity contribution in [2.45, 2.75) is 70.6 Å². The van der Waals surface area contributed by atoms with Crippen LogP contribution in [-0.2, 0) is 17.3 Å². The average Bonchev–Trinajstić information content (AvgIpc) is 2.65. The van der Waals surface area contributed by atoms with Gasteiger partial charge >= 0.3 is 5.97 Å². The minimum atomic E-state index is -0.849. The number of carboxylic acids is 1. The molecule has 2 nitrogen and oxygen atoms in total. The van der Waals surface area contributed by atoms with Gasteiger partial charge in [-0.2, -0.15) is 0 Å². The van der Waals surface area contributed by atoms with Crippen molar-refractivity contribution < 1.29 is 9.90 Å². The third-order valence-corrected chi connectivity index (χ3v) is 6.81. The predicted molar refractivity (Wildman–Crippen MR) is 116 cm³/mol. The Labute approximate surface area is 168 Å². The molecule has 0 bridgehead atoms. The SMILES string of the molecule is CC1(C)CCC(C)(C)c2cc(C=C3CCCc4cc(C(=O)O)ccc43)ccc21. The molecule has 0 saturated carbocycles. The summed E-state index contributed by atoms with van der Waals surface area (Å²) in [6.07, 6.45) is 7.84. The zero-order valence-electron chi connectivity index (χ0n) is 17.4. The summed E-state index contributed by atoms with van der Waals surface area (Å²) in [5.41, 5.74) is 8.77. The van der Waals surface area contributed by atoms with E-state index in [1.165, 1.54) is 40.7 Å². The fourth-order valence-corrected chi connectivity index (χ4v) is 4.90. The molecule has 0 unspecified atom stereocenters. The largest absolute Gasteiger partial charge is 0.478 e. The Morgan fingerprint density at radius 2 is 1.64 bits per heavy atom. The Bertz CT molecular complexity index is 976. The molecular weight excluding hydrogens is 344 g/mol. The van der Waals surface area contributed by atoms with Gasteiger partial charge in [0.25, 0.3) is 0 Å². The Morgan fingerprint density at radius 1 is 0.929 bits per heavy atom. The Kier molecular flexibility index (Phi) is 4.49. The highest BCUT2D eigenvalue weighted by molar-refractivity contribution is 5.90. The van der Waals surface area contributed by atoms with E-state index in [0.717, 1.165) is 24.8 Å². The number of carbonyl (C=O) groups is 1. The van der Waals surface area contributed by atoms with Crippen LogP contribution in [0.2, 0.25) is 0 Å². The molecule has 0 radical (unpaired) electrons. The lowest BCUT2D eigenvalue weighted by atomic mass is 9.63. The van der Waals surface area contributed by atoms with Crippen LogP contribution < -0.4 is 0 Å². The summed E-state index contributed by atoms with van der Waals surface area (Å²) in [4.78, 5) is 11.3. The molecular formula is C26H30O2. The first kappa shape index (κ1) is 19.0. The monoisotopic (exact) mass is 374 g/mol. The van der Waals surface area contributed by atoms with E-state index in [4.69, 9.17) is 0 Å². The van der Waals surface area contributed by atoms with Gasteiger partial charge in [-0.25, -0.2) is 4.79 Å². The van der Waals surface area contributed by atoms with Gasteiger partial charge in [0.2, 0.25) is 0 Å². The van der Waals surface area contributed by atoms with Crippen LogP contribution in [0, 0.1) is 0 Å². The molecule has 0 aromatic heterocycles. The van der Waals surface area contributed by atoms with Crippen LogP contribution in [0.25, 0.3) is 11.6 Å². The smallest absolute Gasteiger partial charge is 0.335 e. The fraction of sp³-hybridized carbons (Fsp3) is 0.423. The van der Waals surface area contributed by atoms with Crippen LogP contribution >= 0.6 is 0 Å². The second-order valence-electron chi connectivity index (χ2n) is 9.77. The summed E-state index contributed by atoms with van der Waals surface area (Å²) < 4.78 is 0. The highest BCUT2D eigenvalue weighted by Gasteiger charge is 2.36. The van der Waals surface area contributed by atoms with Crippen LogP contribution in [0.3, 0.4) is 0 Å². The lowest BCUT2D eigenvalue weighted by Crippen LogP contribution is -2.33. The topological polar surface area (TPSA) is 37.3 Å². The van der Waals surface area contributed by atoms with Crippen LogP contribution in [0.4, 0.5) is 0 Å². The quantitative estimate of drug-likeness (QED) is 0.642. The third-order valence-electron chi connectivity index (χ3n) is 6.81. The van der Waals surface area contributed by atoms with Gasteiger partial charge in [0, 0.05) is 0 Å². The molecule has 0 atom stereocenters. The molecule has 2 aromatic rings. The van der Waals surface area contributed by atoms with E-state index in [1.54, 1.807) is 6.07 Å². The van der Waals surface area contributed by atoms with Crippen molar-refractivity contribution in [3.63, 3.8) is 0 Å². The van der Waals surface area contributed by atoms with Crippen LogP contribution in [-0.4, -0.2) is 11.1 Å². The zero-order chi connectivity index (χ0) is 20.1. The number of fused-ring (bicyclic) bond motifs is 2. The number of hydrogen-bond acceptors (Lipinski definition) is 1. The van der Waals surface area contributed by atoms with Gasteiger partial charge in [-0.3, -0.25) is 0 Å². The number of carboxylic acid groups (broad SMARTS) is 1. The molecule has 0 amide bonds. The number of rotatable bonds is 2. The van der Waals surface area contributed by atoms with Crippen molar-refractivity contribution in [1.82, 2.24) is 0 Å². The minimum absolute atomic E-state index is 0.209. The second-order valence-corrected chi connectivity index (χ2v) is 9.77. The van der Waals surface area contributed by atoms with Crippen molar-refractivity contribution in [2.24, 2.45) is 0 Å². The first-order chi connectivity index (χ1) is 13.2. The maximum Gasteiger partial charge on any atom is 0.335 e. The van der Waals surface area contributed by atoms with E-state index in [2.05, 4.69) is 52.0 Å². The average molecular weight is 375 g/mol. The molecule has 1 N–H and O–H groups in total. The summed E-state index contributed by atoms with van der Waals surface area (Å²) in [6, 6.07) is 12.6. The van der Waals surface area contributed by atoms with E-state index in [9.17, 15) is 9.90 Å². The van der Waals surface area contributed by atoms with Gasteiger partial charge in [0.15, 0.2) is 0 Å². The summed E-state index contributed by atoms with van der Waals surface area (Å²) in [7, 11) is 0. The number of hydrogen-bond donors (Lipinski definition) is 1. The van der Waals surface area contributed by atoms with Crippen molar-refractivity contribution in [3.8, 4) is 0 Å². The highest BCUT2D eigenvalue weighted by Crippen LogP contribution is 2.46. The molecule has 28 heavy (non-hydrogen) atoms. The number of allylic oxidation sites excluding steroid dienone is 1. The lowest BCUT2D eigenvalue weighted by molar-refractivity contribution is 0.0696. The molecule has 0 aliphatic heterocycles. The number of benzene rings is 2. The van der Waals surface area contributed by atoms with Crippen molar-refractivity contribution in [3.05, 3.63) is 69.8 Å². The van der Waals surface area contributed by atoms with Gasteiger partial charge in [-0.15, -0.1) is 0 Å². The molecule has 0 spiro atoms. The summed E-state index contributed by atoms with van der Waals surface area (Å²) in [5.74, 6) is -0.849. The number of aryl methyl sites for hydroxylation is 1. The Morgan fingerprint density at radius 3 is 2.36 bits per heavy atom. The van der Waals surface area contributed by atoms with E-state index in [0.29, 0.717) is 5.56 Å². The molecule has 2 aromatic carbocycles. The maximum absolute atomic E-state index is 11.3. The first-order valence-electron chi connectivity index (χ1n) is 10.4.